The number of hydrogen-bond donors (Lipinski definition) is 1. The van der Waals surface area contributed by atoms with Crippen molar-refractivity contribution in [1.82, 2.24) is 5.43 Å². The van der Waals surface area contributed by atoms with Crippen molar-refractivity contribution in [2.24, 2.45) is 5.10 Å². The maximum atomic E-state index is 11.6. The first kappa shape index (κ1) is 16.5. The van der Waals surface area contributed by atoms with E-state index in [4.69, 9.17) is 4.74 Å². The molecule has 0 saturated heterocycles. The number of nitrogens with one attached hydrogen (secondary N) is 1. The first-order valence-electron chi connectivity index (χ1n) is 7.38. The van der Waals surface area contributed by atoms with E-state index in [9.17, 15) is 4.79 Å². The first-order chi connectivity index (χ1) is 11.1. The van der Waals surface area contributed by atoms with E-state index >= 15 is 0 Å². The summed E-state index contributed by atoms with van der Waals surface area (Å²) in [7, 11) is 0. The van der Waals surface area contributed by atoms with Gasteiger partial charge in [0, 0.05) is 6.21 Å². The zero-order valence-corrected chi connectivity index (χ0v) is 13.3. The lowest BCUT2D eigenvalue weighted by Crippen LogP contribution is -2.24. The van der Waals surface area contributed by atoms with Crippen LogP contribution in [0.2, 0.25) is 0 Å². The summed E-state index contributed by atoms with van der Waals surface area (Å²) >= 11 is 0. The van der Waals surface area contributed by atoms with Gasteiger partial charge in [-0.05, 0) is 48.7 Å². The van der Waals surface area contributed by atoms with Crippen LogP contribution in [0.4, 0.5) is 0 Å². The van der Waals surface area contributed by atoms with Crippen LogP contribution in [-0.2, 0) is 4.79 Å². The van der Waals surface area contributed by atoms with Gasteiger partial charge in [0.15, 0.2) is 6.61 Å². The summed E-state index contributed by atoms with van der Waals surface area (Å²) in [6.07, 6.45) is 5.20. The summed E-state index contributed by atoms with van der Waals surface area (Å²) in [6, 6.07) is 15.7. The lowest BCUT2D eigenvalue weighted by Gasteiger charge is -2.07. The Bertz CT molecular complexity index is 686. The normalized spacial score (nSPS) is 11.0. The van der Waals surface area contributed by atoms with E-state index in [1.54, 1.807) is 6.08 Å². The van der Waals surface area contributed by atoms with Crippen molar-refractivity contribution in [3.8, 4) is 5.75 Å². The Labute approximate surface area is 136 Å². The zero-order valence-electron chi connectivity index (χ0n) is 13.3. The van der Waals surface area contributed by atoms with E-state index in [-0.39, 0.29) is 12.5 Å². The molecule has 0 aliphatic rings. The van der Waals surface area contributed by atoms with Crippen LogP contribution < -0.4 is 10.2 Å². The predicted molar refractivity (Wildman–Crippen MR) is 93.5 cm³/mol. The Kier molecular flexibility index (Phi) is 6.12. The number of hydrazone groups is 1. The smallest absolute Gasteiger partial charge is 0.277 e. The van der Waals surface area contributed by atoms with Gasteiger partial charge in [-0.15, -0.1) is 0 Å². The van der Waals surface area contributed by atoms with Gasteiger partial charge in [-0.1, -0.05) is 42.5 Å². The highest BCUT2D eigenvalue weighted by Gasteiger charge is 2.02. The number of ether oxygens (including phenoxy) is 1. The second-order valence-corrected chi connectivity index (χ2v) is 5.20. The number of carbonyl (C=O) groups excluding carboxylic acids is 1. The summed E-state index contributed by atoms with van der Waals surface area (Å²) in [4.78, 5) is 11.6. The van der Waals surface area contributed by atoms with Crippen LogP contribution in [0.1, 0.15) is 16.7 Å². The molecule has 2 aromatic rings. The van der Waals surface area contributed by atoms with Crippen LogP contribution >= 0.6 is 0 Å². The van der Waals surface area contributed by atoms with Crippen molar-refractivity contribution in [2.75, 3.05) is 6.61 Å². The fourth-order valence-electron chi connectivity index (χ4n) is 2.07. The predicted octanol–water partition coefficient (Wildman–Crippen LogP) is 3.50. The van der Waals surface area contributed by atoms with E-state index < -0.39 is 0 Å². The molecule has 0 spiro atoms. The molecule has 0 aliphatic heterocycles. The first-order valence-corrected chi connectivity index (χ1v) is 7.38. The van der Waals surface area contributed by atoms with E-state index in [1.165, 1.54) is 6.21 Å². The lowest BCUT2D eigenvalue weighted by molar-refractivity contribution is -0.123. The van der Waals surface area contributed by atoms with Crippen LogP contribution in [0.15, 0.2) is 59.7 Å². The highest BCUT2D eigenvalue weighted by atomic mass is 16.5. The van der Waals surface area contributed by atoms with Gasteiger partial charge in [0.25, 0.3) is 5.91 Å². The molecule has 0 atom stereocenters. The monoisotopic (exact) mass is 308 g/mol. The molecule has 0 radical (unpaired) electrons. The van der Waals surface area contributed by atoms with E-state index in [0.717, 1.165) is 16.7 Å². The Hall–Kier alpha value is -2.88. The third kappa shape index (κ3) is 6.18. The number of rotatable bonds is 6. The van der Waals surface area contributed by atoms with Gasteiger partial charge in [-0.2, -0.15) is 5.10 Å². The van der Waals surface area contributed by atoms with Crippen LogP contribution in [0.25, 0.3) is 6.08 Å². The molecule has 23 heavy (non-hydrogen) atoms. The minimum atomic E-state index is -0.298. The molecule has 0 fully saturated rings. The molecule has 2 rings (SSSR count). The largest absolute Gasteiger partial charge is 0.484 e. The SMILES string of the molecule is Cc1cc(C)cc(OCC(=O)N/N=C/C=C/c2ccccc2)c1. The zero-order chi connectivity index (χ0) is 16.5. The van der Waals surface area contributed by atoms with Crippen molar-refractivity contribution in [2.45, 2.75) is 13.8 Å². The number of carbonyl (C=O) groups is 1. The van der Waals surface area contributed by atoms with Crippen molar-refractivity contribution >= 4 is 18.2 Å². The number of benzene rings is 2. The maximum absolute atomic E-state index is 11.6. The molecule has 2 aromatic carbocycles. The quantitative estimate of drug-likeness (QED) is 0.656. The Morgan fingerprint density at radius 3 is 2.52 bits per heavy atom. The maximum Gasteiger partial charge on any atom is 0.277 e. The average Bonchev–Trinajstić information content (AvgIpc) is 2.53. The summed E-state index contributed by atoms with van der Waals surface area (Å²) < 4.78 is 5.45. The van der Waals surface area contributed by atoms with Gasteiger partial charge < -0.3 is 4.74 Å². The van der Waals surface area contributed by atoms with E-state index in [0.29, 0.717) is 5.75 Å². The summed E-state index contributed by atoms with van der Waals surface area (Å²) in [5.74, 6) is 0.388. The van der Waals surface area contributed by atoms with Crippen LogP contribution in [0.5, 0.6) is 5.75 Å². The standard InChI is InChI=1S/C19H20N2O2/c1-15-11-16(2)13-18(12-15)23-14-19(22)21-20-10-6-9-17-7-4-3-5-8-17/h3-13H,14H2,1-2H3,(H,21,22)/b9-6+,20-10+. The third-order valence-electron chi connectivity index (χ3n) is 3.00. The highest BCUT2D eigenvalue weighted by Crippen LogP contribution is 2.15. The fourth-order valence-corrected chi connectivity index (χ4v) is 2.07. The minimum Gasteiger partial charge on any atom is -0.484 e. The van der Waals surface area contributed by atoms with Gasteiger partial charge in [0.2, 0.25) is 0 Å². The second kappa shape index (κ2) is 8.54. The van der Waals surface area contributed by atoms with E-state index in [2.05, 4.69) is 16.6 Å². The van der Waals surface area contributed by atoms with Crippen LogP contribution in [-0.4, -0.2) is 18.7 Å². The molecule has 0 bridgehead atoms. The molecule has 0 aliphatic carbocycles. The summed E-state index contributed by atoms with van der Waals surface area (Å²) in [6.45, 7) is 3.91. The fraction of sp³-hybridized carbons (Fsp3) is 0.158. The molecular formula is C19H20N2O2. The number of aryl methyl sites for hydroxylation is 2. The highest BCUT2D eigenvalue weighted by molar-refractivity contribution is 5.81. The number of hydrogen-bond acceptors (Lipinski definition) is 3. The Morgan fingerprint density at radius 1 is 1.13 bits per heavy atom. The molecule has 0 saturated carbocycles. The van der Waals surface area contributed by atoms with Gasteiger partial charge in [-0.25, -0.2) is 5.43 Å². The second-order valence-electron chi connectivity index (χ2n) is 5.20. The third-order valence-corrected chi connectivity index (χ3v) is 3.00. The Morgan fingerprint density at radius 2 is 1.83 bits per heavy atom. The molecule has 0 unspecified atom stereocenters. The molecule has 118 valence electrons. The van der Waals surface area contributed by atoms with Crippen molar-refractivity contribution in [1.29, 1.82) is 0 Å². The number of amides is 1. The molecule has 0 aromatic heterocycles. The molecular weight excluding hydrogens is 288 g/mol. The van der Waals surface area contributed by atoms with Crippen molar-refractivity contribution < 1.29 is 9.53 Å². The molecule has 4 nitrogen and oxygen atoms in total. The summed E-state index contributed by atoms with van der Waals surface area (Å²) in [5.41, 5.74) is 5.70. The number of allylic oxidation sites excluding steroid dienone is 1. The number of nitrogens with zero attached hydrogens (tertiary/aromatic N) is 1. The molecule has 1 N–H and O–H groups in total. The van der Waals surface area contributed by atoms with Gasteiger partial charge >= 0.3 is 0 Å². The lowest BCUT2D eigenvalue weighted by atomic mass is 10.1. The summed E-state index contributed by atoms with van der Waals surface area (Å²) in [5, 5.41) is 3.84. The van der Waals surface area contributed by atoms with E-state index in [1.807, 2.05) is 62.4 Å². The molecule has 4 heteroatoms. The molecule has 1 amide bonds. The van der Waals surface area contributed by atoms with Gasteiger partial charge in [0.05, 0.1) is 0 Å². The van der Waals surface area contributed by atoms with Gasteiger partial charge in [-0.3, -0.25) is 4.79 Å². The average molecular weight is 308 g/mol. The minimum absolute atomic E-state index is 0.0668. The van der Waals surface area contributed by atoms with Crippen molar-refractivity contribution in [3.05, 3.63) is 71.3 Å². The topological polar surface area (TPSA) is 50.7 Å². The Balaban J connectivity index is 1.74. The molecule has 0 heterocycles. The van der Waals surface area contributed by atoms with Gasteiger partial charge in [0.1, 0.15) is 5.75 Å². The van der Waals surface area contributed by atoms with Crippen LogP contribution in [0, 0.1) is 13.8 Å². The van der Waals surface area contributed by atoms with Crippen molar-refractivity contribution in [3.63, 3.8) is 0 Å². The van der Waals surface area contributed by atoms with Crippen LogP contribution in [0.3, 0.4) is 0 Å².